The van der Waals surface area contributed by atoms with Crippen molar-refractivity contribution < 1.29 is 4.42 Å². The van der Waals surface area contributed by atoms with Gasteiger partial charge in [0, 0.05) is 57.6 Å². The SMILES string of the molecule is O=c1ccc(-n2cccn2)nn1CCN1CCN(Cc2nc3c(o2)CCCC3)CC1. The van der Waals surface area contributed by atoms with E-state index in [9.17, 15) is 4.79 Å². The van der Waals surface area contributed by atoms with Crippen LogP contribution in [0.15, 0.2) is 39.8 Å². The van der Waals surface area contributed by atoms with Crippen LogP contribution in [0, 0.1) is 0 Å². The fourth-order valence-electron chi connectivity index (χ4n) is 4.20. The summed E-state index contributed by atoms with van der Waals surface area (Å²) in [6.45, 7) is 6.04. The van der Waals surface area contributed by atoms with Gasteiger partial charge in [0.05, 0.1) is 18.8 Å². The lowest BCUT2D eigenvalue weighted by Gasteiger charge is -2.33. The zero-order chi connectivity index (χ0) is 20.3. The van der Waals surface area contributed by atoms with Gasteiger partial charge in [0.15, 0.2) is 5.82 Å². The van der Waals surface area contributed by atoms with Gasteiger partial charge in [0.2, 0.25) is 5.89 Å². The van der Waals surface area contributed by atoms with E-state index in [1.54, 1.807) is 23.0 Å². The van der Waals surface area contributed by atoms with E-state index in [-0.39, 0.29) is 5.56 Å². The molecular weight excluding hydrogens is 382 g/mol. The van der Waals surface area contributed by atoms with E-state index in [1.807, 2.05) is 12.3 Å². The van der Waals surface area contributed by atoms with Gasteiger partial charge in [-0.2, -0.15) is 5.10 Å². The zero-order valence-electron chi connectivity index (χ0n) is 17.1. The fraction of sp³-hybridized carbons (Fsp3) is 0.524. The molecule has 2 aliphatic rings. The van der Waals surface area contributed by atoms with Crippen LogP contribution in [0.25, 0.3) is 5.82 Å². The molecular formula is C21H27N7O2. The summed E-state index contributed by atoms with van der Waals surface area (Å²) in [5.41, 5.74) is 1.09. The van der Waals surface area contributed by atoms with Crippen molar-refractivity contribution in [3.8, 4) is 5.82 Å². The first-order valence-corrected chi connectivity index (χ1v) is 10.7. The van der Waals surface area contributed by atoms with Crippen molar-refractivity contribution in [1.29, 1.82) is 0 Å². The third-order valence-electron chi connectivity index (χ3n) is 5.93. The smallest absolute Gasteiger partial charge is 0.266 e. The molecule has 1 aliphatic carbocycles. The molecule has 0 bridgehead atoms. The second-order valence-corrected chi connectivity index (χ2v) is 8.01. The lowest BCUT2D eigenvalue weighted by Crippen LogP contribution is -2.47. The molecule has 5 rings (SSSR count). The van der Waals surface area contributed by atoms with Gasteiger partial charge in [-0.15, -0.1) is 5.10 Å². The Labute approximate surface area is 174 Å². The normalized spacial score (nSPS) is 17.9. The molecule has 3 aromatic heterocycles. The van der Waals surface area contributed by atoms with Crippen LogP contribution in [-0.2, 0) is 25.9 Å². The summed E-state index contributed by atoms with van der Waals surface area (Å²) in [6, 6.07) is 5.09. The van der Waals surface area contributed by atoms with E-state index in [0.717, 1.165) is 63.8 Å². The standard InChI is InChI=1S/C21H27N7O2/c29-21-7-6-19(27-9-3-8-22-27)24-28(21)15-14-25-10-12-26(13-11-25)16-20-23-17-4-1-2-5-18(17)30-20/h3,6-9H,1-2,4-5,10-16H2. The Morgan fingerprint density at radius 2 is 1.83 bits per heavy atom. The largest absolute Gasteiger partial charge is 0.444 e. The van der Waals surface area contributed by atoms with E-state index in [0.29, 0.717) is 12.4 Å². The molecule has 0 saturated carbocycles. The van der Waals surface area contributed by atoms with Crippen molar-refractivity contribution in [1.82, 2.24) is 34.3 Å². The van der Waals surface area contributed by atoms with Gasteiger partial charge >= 0.3 is 0 Å². The summed E-state index contributed by atoms with van der Waals surface area (Å²) < 4.78 is 9.17. The van der Waals surface area contributed by atoms with Crippen LogP contribution in [0.4, 0.5) is 0 Å². The Morgan fingerprint density at radius 1 is 1.00 bits per heavy atom. The summed E-state index contributed by atoms with van der Waals surface area (Å²) in [6.07, 6.45) is 8.04. The number of aromatic nitrogens is 5. The average molecular weight is 409 g/mol. The molecule has 0 N–H and O–H groups in total. The third kappa shape index (κ3) is 4.22. The minimum Gasteiger partial charge on any atom is -0.444 e. The first-order chi connectivity index (χ1) is 14.7. The maximum atomic E-state index is 12.2. The van der Waals surface area contributed by atoms with Crippen LogP contribution in [0.1, 0.15) is 30.2 Å². The number of rotatable bonds is 6. The number of fused-ring (bicyclic) bond motifs is 1. The fourth-order valence-corrected chi connectivity index (χ4v) is 4.20. The maximum absolute atomic E-state index is 12.2. The van der Waals surface area contributed by atoms with Crippen molar-refractivity contribution in [3.05, 3.63) is 58.3 Å². The van der Waals surface area contributed by atoms with Gasteiger partial charge in [-0.25, -0.2) is 14.3 Å². The maximum Gasteiger partial charge on any atom is 0.266 e. The van der Waals surface area contributed by atoms with Crippen LogP contribution in [0.2, 0.25) is 0 Å². The molecule has 3 aromatic rings. The molecule has 4 heterocycles. The predicted octanol–water partition coefficient (Wildman–Crippen LogP) is 1.11. The highest BCUT2D eigenvalue weighted by Gasteiger charge is 2.21. The summed E-state index contributed by atoms with van der Waals surface area (Å²) in [5, 5.41) is 8.63. The Hall–Kier alpha value is -2.78. The first kappa shape index (κ1) is 19.2. The van der Waals surface area contributed by atoms with Gasteiger partial charge in [0.1, 0.15) is 5.76 Å². The Kier molecular flexibility index (Phi) is 5.46. The van der Waals surface area contributed by atoms with Crippen molar-refractivity contribution in [2.45, 2.75) is 38.8 Å². The molecule has 0 unspecified atom stereocenters. The monoisotopic (exact) mass is 409 g/mol. The molecule has 9 nitrogen and oxygen atoms in total. The first-order valence-electron chi connectivity index (χ1n) is 10.7. The van der Waals surface area contributed by atoms with Crippen molar-refractivity contribution >= 4 is 0 Å². The molecule has 0 amide bonds. The van der Waals surface area contributed by atoms with Crippen molar-refractivity contribution in [2.24, 2.45) is 0 Å². The highest BCUT2D eigenvalue weighted by atomic mass is 16.4. The molecule has 0 atom stereocenters. The number of oxazole rings is 1. The molecule has 0 spiro atoms. The van der Waals surface area contributed by atoms with Crippen LogP contribution < -0.4 is 5.56 Å². The van der Waals surface area contributed by atoms with Crippen LogP contribution in [-0.4, -0.2) is 67.1 Å². The van der Waals surface area contributed by atoms with E-state index in [4.69, 9.17) is 9.40 Å². The topological polar surface area (TPSA) is 85.2 Å². The summed E-state index contributed by atoms with van der Waals surface area (Å²) in [7, 11) is 0. The van der Waals surface area contributed by atoms with Gasteiger partial charge in [0.25, 0.3) is 5.56 Å². The highest BCUT2D eigenvalue weighted by molar-refractivity contribution is 5.17. The molecule has 158 valence electrons. The van der Waals surface area contributed by atoms with Gasteiger partial charge < -0.3 is 4.42 Å². The second-order valence-electron chi connectivity index (χ2n) is 8.01. The molecule has 30 heavy (non-hydrogen) atoms. The highest BCUT2D eigenvalue weighted by Crippen LogP contribution is 2.22. The van der Waals surface area contributed by atoms with E-state index < -0.39 is 0 Å². The van der Waals surface area contributed by atoms with Gasteiger partial charge in [-0.1, -0.05) is 0 Å². The molecule has 1 saturated heterocycles. The lowest BCUT2D eigenvalue weighted by atomic mass is 10.0. The Bertz CT molecular complexity index is 1010. The predicted molar refractivity (Wildman–Crippen MR) is 110 cm³/mol. The van der Waals surface area contributed by atoms with E-state index in [2.05, 4.69) is 20.0 Å². The molecule has 0 radical (unpaired) electrons. The number of aryl methyl sites for hydroxylation is 2. The van der Waals surface area contributed by atoms with E-state index in [1.165, 1.54) is 23.2 Å². The summed E-state index contributed by atoms with van der Waals surface area (Å²) in [4.78, 5) is 21.7. The molecule has 0 aromatic carbocycles. The Morgan fingerprint density at radius 3 is 2.63 bits per heavy atom. The van der Waals surface area contributed by atoms with Gasteiger partial charge in [-0.05, 0) is 31.4 Å². The molecule has 9 heteroatoms. The zero-order valence-corrected chi connectivity index (χ0v) is 17.1. The molecule has 1 aliphatic heterocycles. The number of nitrogens with zero attached hydrogens (tertiary/aromatic N) is 7. The van der Waals surface area contributed by atoms with Crippen LogP contribution >= 0.6 is 0 Å². The van der Waals surface area contributed by atoms with E-state index >= 15 is 0 Å². The number of piperazine rings is 1. The van der Waals surface area contributed by atoms with Crippen LogP contribution in [0.5, 0.6) is 0 Å². The third-order valence-corrected chi connectivity index (χ3v) is 5.93. The lowest BCUT2D eigenvalue weighted by molar-refractivity contribution is 0.115. The summed E-state index contributed by atoms with van der Waals surface area (Å²) in [5.74, 6) is 2.62. The number of hydrogen-bond acceptors (Lipinski definition) is 7. The van der Waals surface area contributed by atoms with Crippen molar-refractivity contribution in [3.63, 3.8) is 0 Å². The summed E-state index contributed by atoms with van der Waals surface area (Å²) >= 11 is 0. The quantitative estimate of drug-likeness (QED) is 0.603. The minimum absolute atomic E-state index is 0.0857. The molecule has 1 fully saturated rings. The second kappa shape index (κ2) is 8.53. The van der Waals surface area contributed by atoms with Crippen molar-refractivity contribution in [2.75, 3.05) is 32.7 Å². The van der Waals surface area contributed by atoms with Gasteiger partial charge in [-0.3, -0.25) is 14.6 Å². The van der Waals surface area contributed by atoms with Crippen LogP contribution in [0.3, 0.4) is 0 Å². The Balaban J connectivity index is 1.13. The average Bonchev–Trinajstić information content (AvgIpc) is 3.44. The number of hydrogen-bond donors (Lipinski definition) is 0. The minimum atomic E-state index is -0.0857.